The molecule has 0 unspecified atom stereocenters. The number of nitrogens with zero attached hydrogens (tertiary/aromatic N) is 3. The molecule has 0 aliphatic carbocycles. The first-order chi connectivity index (χ1) is 27.1. The van der Waals surface area contributed by atoms with Gasteiger partial charge in [0.2, 0.25) is 0 Å². The molecule has 0 saturated carbocycles. The summed E-state index contributed by atoms with van der Waals surface area (Å²) >= 11 is 0. The van der Waals surface area contributed by atoms with Crippen LogP contribution in [0.1, 0.15) is 56.2 Å². The predicted molar refractivity (Wildman–Crippen MR) is 217 cm³/mol. The Bertz CT molecular complexity index is 1820. The third-order valence-corrected chi connectivity index (χ3v) is 10.2. The molecule has 2 saturated heterocycles. The van der Waals surface area contributed by atoms with E-state index in [9.17, 15) is 4.79 Å². The van der Waals surface area contributed by atoms with Gasteiger partial charge in [-0.2, -0.15) is 0 Å². The normalized spacial score (nSPS) is 18.4. The predicted octanol–water partition coefficient (Wildman–Crippen LogP) is 7.70. The first-order valence-electron chi connectivity index (χ1n) is 19.9. The van der Waals surface area contributed by atoms with Crippen molar-refractivity contribution in [3.8, 4) is 17.2 Å². The lowest BCUT2D eigenvalue weighted by Crippen LogP contribution is -2.45. The number of piperazine rings is 1. The van der Waals surface area contributed by atoms with Crippen LogP contribution < -0.4 is 14.2 Å². The average molecular weight is 770 g/mol. The summed E-state index contributed by atoms with van der Waals surface area (Å²) in [6.07, 6.45) is 0.558. The van der Waals surface area contributed by atoms with Gasteiger partial charge in [0.05, 0.1) is 46.2 Å². The molecule has 0 radical (unpaired) electrons. The summed E-state index contributed by atoms with van der Waals surface area (Å²) in [5.74, 6) is 2.60. The van der Waals surface area contributed by atoms with E-state index >= 15 is 0 Å². The minimum atomic E-state index is -0.711. The number of methoxy groups -OCH3 is 1. The summed E-state index contributed by atoms with van der Waals surface area (Å²) < 4.78 is 35.6. The second kappa shape index (κ2) is 20.2. The SMILES string of the molecule is COc1ccccc1COCCCOc1ccc([C@H]2CCN(OC(=O)OC(C)(C)C)C[C@@H]2OCc2ccc3ccc(OCCN4CCN(C)CC4)cc3c2)cc1. The van der Waals surface area contributed by atoms with Gasteiger partial charge in [-0.25, -0.2) is 4.79 Å². The lowest BCUT2D eigenvalue weighted by molar-refractivity contribution is -0.179. The van der Waals surface area contributed by atoms with E-state index in [0.29, 0.717) is 46.1 Å². The first kappa shape index (κ1) is 41.2. The Hall–Kier alpha value is -4.39. The number of piperidine rings is 1. The maximum atomic E-state index is 12.6. The smallest absolute Gasteiger partial charge is 0.496 e. The Morgan fingerprint density at radius 2 is 1.54 bits per heavy atom. The van der Waals surface area contributed by atoms with Gasteiger partial charge in [0, 0.05) is 57.2 Å². The third-order valence-electron chi connectivity index (χ3n) is 10.2. The number of hydroxylamine groups is 2. The Morgan fingerprint density at radius 1 is 0.786 bits per heavy atom. The quantitative estimate of drug-likeness (QED) is 0.0782. The largest absolute Gasteiger partial charge is 0.528 e. The molecule has 0 N–H and O–H groups in total. The molecular formula is C45H59N3O8. The van der Waals surface area contributed by atoms with Gasteiger partial charge < -0.3 is 38.2 Å². The maximum Gasteiger partial charge on any atom is 0.528 e. The van der Waals surface area contributed by atoms with Crippen molar-refractivity contribution in [2.75, 3.05) is 79.8 Å². The number of rotatable bonds is 17. The highest BCUT2D eigenvalue weighted by Crippen LogP contribution is 2.33. The molecule has 6 rings (SSSR count). The molecule has 4 aromatic rings. The second-order valence-electron chi connectivity index (χ2n) is 15.7. The van der Waals surface area contributed by atoms with Crippen LogP contribution in [0.2, 0.25) is 0 Å². The molecule has 302 valence electrons. The van der Waals surface area contributed by atoms with Gasteiger partial charge in [-0.05, 0) is 92.5 Å². The molecule has 2 aliphatic heterocycles. The van der Waals surface area contributed by atoms with Crippen molar-refractivity contribution in [1.82, 2.24) is 14.9 Å². The number of para-hydroxylation sites is 1. The molecule has 11 nitrogen and oxygen atoms in total. The zero-order valence-corrected chi connectivity index (χ0v) is 33.7. The second-order valence-corrected chi connectivity index (χ2v) is 15.7. The molecule has 0 spiro atoms. The highest BCUT2D eigenvalue weighted by molar-refractivity contribution is 5.84. The lowest BCUT2D eigenvalue weighted by Gasteiger charge is -2.37. The number of ether oxygens (including phenoxy) is 6. The summed E-state index contributed by atoms with van der Waals surface area (Å²) in [6.45, 7) is 14.4. The van der Waals surface area contributed by atoms with Crippen LogP contribution in [0.4, 0.5) is 4.79 Å². The maximum absolute atomic E-state index is 12.6. The van der Waals surface area contributed by atoms with Crippen LogP contribution in [0.25, 0.3) is 10.8 Å². The molecule has 2 aliphatic rings. The van der Waals surface area contributed by atoms with Crippen LogP contribution in [0.3, 0.4) is 0 Å². The van der Waals surface area contributed by atoms with E-state index in [1.165, 1.54) is 0 Å². The van der Waals surface area contributed by atoms with Crippen LogP contribution in [-0.4, -0.2) is 113 Å². The number of hydrogen-bond donors (Lipinski definition) is 0. The Balaban J connectivity index is 1.04. The van der Waals surface area contributed by atoms with Crippen molar-refractivity contribution >= 4 is 16.9 Å². The fraction of sp³-hybridized carbons (Fsp3) is 0.489. The van der Waals surface area contributed by atoms with Gasteiger partial charge in [-0.3, -0.25) is 4.90 Å². The molecule has 0 amide bonds. The van der Waals surface area contributed by atoms with Crippen LogP contribution in [0.15, 0.2) is 84.9 Å². The van der Waals surface area contributed by atoms with Gasteiger partial charge >= 0.3 is 6.16 Å². The Labute approximate surface area is 332 Å². The van der Waals surface area contributed by atoms with Gasteiger partial charge in [0.1, 0.15) is 29.5 Å². The summed E-state index contributed by atoms with van der Waals surface area (Å²) in [5.41, 5.74) is 2.59. The lowest BCUT2D eigenvalue weighted by atomic mass is 9.87. The number of hydrogen-bond acceptors (Lipinski definition) is 11. The zero-order valence-electron chi connectivity index (χ0n) is 33.7. The summed E-state index contributed by atoms with van der Waals surface area (Å²) in [7, 11) is 3.84. The molecule has 2 heterocycles. The number of carbonyl (C=O) groups excluding carboxylic acids is 1. The minimum absolute atomic E-state index is 0.0895. The third kappa shape index (κ3) is 12.6. The average Bonchev–Trinajstić information content (AvgIpc) is 3.19. The molecule has 11 heteroatoms. The monoisotopic (exact) mass is 769 g/mol. The van der Waals surface area contributed by atoms with Crippen LogP contribution >= 0.6 is 0 Å². The van der Waals surface area contributed by atoms with Crippen molar-refractivity contribution in [1.29, 1.82) is 0 Å². The van der Waals surface area contributed by atoms with Gasteiger partial charge in [-0.15, -0.1) is 5.06 Å². The number of fused-ring (bicyclic) bond motifs is 1. The van der Waals surface area contributed by atoms with E-state index in [4.69, 9.17) is 33.3 Å². The van der Waals surface area contributed by atoms with E-state index in [2.05, 4.69) is 59.3 Å². The number of likely N-dealkylation sites (N-methyl/N-ethyl adjacent to an activating group) is 1. The highest BCUT2D eigenvalue weighted by atomic mass is 16.8. The van der Waals surface area contributed by atoms with Gasteiger partial charge in [0.25, 0.3) is 0 Å². The minimum Gasteiger partial charge on any atom is -0.496 e. The fourth-order valence-corrected chi connectivity index (χ4v) is 7.08. The van der Waals surface area contributed by atoms with E-state index in [0.717, 1.165) is 90.3 Å². The Morgan fingerprint density at radius 3 is 2.32 bits per heavy atom. The summed E-state index contributed by atoms with van der Waals surface area (Å²) in [6, 6.07) is 28.8. The standard InChI is InChI=1S/C45H59N3O8/c1-45(2,3)55-44(49)56-48-20-19-41(36-14-16-39(17-15-36)52-27-8-26-51-33-37-9-6-7-10-42(37)50-5)43(31-48)54-32-34-11-12-35-13-18-40(30-38(35)29-34)53-28-25-47-23-21-46(4)22-24-47/h6-7,9-18,29-30,41,43H,8,19-28,31-33H2,1-5H3/t41-,43+/m1/s1. The zero-order chi connectivity index (χ0) is 39.3. The molecule has 0 bridgehead atoms. The molecule has 2 atom stereocenters. The van der Waals surface area contributed by atoms with E-state index in [-0.39, 0.29) is 12.0 Å². The molecule has 56 heavy (non-hydrogen) atoms. The molecule has 2 fully saturated rings. The Kier molecular flexibility index (Phi) is 14.8. The van der Waals surface area contributed by atoms with Crippen molar-refractivity contribution < 1.29 is 38.1 Å². The summed E-state index contributed by atoms with van der Waals surface area (Å²) in [4.78, 5) is 23.0. The van der Waals surface area contributed by atoms with Crippen molar-refractivity contribution in [2.24, 2.45) is 0 Å². The van der Waals surface area contributed by atoms with Gasteiger partial charge in [-0.1, -0.05) is 48.5 Å². The molecule has 0 aromatic heterocycles. The van der Waals surface area contributed by atoms with Gasteiger partial charge in [0.15, 0.2) is 0 Å². The number of benzene rings is 4. The highest BCUT2D eigenvalue weighted by Gasteiger charge is 2.34. The van der Waals surface area contributed by atoms with Crippen molar-refractivity contribution in [2.45, 2.75) is 64.4 Å². The number of carbonyl (C=O) groups is 1. The summed E-state index contributed by atoms with van der Waals surface area (Å²) in [5, 5.41) is 3.92. The van der Waals surface area contributed by atoms with Crippen LogP contribution in [-0.2, 0) is 32.3 Å². The van der Waals surface area contributed by atoms with Crippen LogP contribution in [0, 0.1) is 0 Å². The van der Waals surface area contributed by atoms with Crippen LogP contribution in [0.5, 0.6) is 17.2 Å². The molecule has 4 aromatic carbocycles. The van der Waals surface area contributed by atoms with Crippen molar-refractivity contribution in [3.63, 3.8) is 0 Å². The van der Waals surface area contributed by atoms with Crippen molar-refractivity contribution in [3.05, 3.63) is 102 Å². The fourth-order valence-electron chi connectivity index (χ4n) is 7.08. The van der Waals surface area contributed by atoms with E-state index < -0.39 is 11.8 Å². The first-order valence-corrected chi connectivity index (χ1v) is 19.9. The van der Waals surface area contributed by atoms with E-state index in [1.54, 1.807) is 12.2 Å². The topological polar surface area (TPSA) is 91.4 Å². The van der Waals surface area contributed by atoms with E-state index in [1.807, 2.05) is 63.2 Å². The molecular weight excluding hydrogens is 711 g/mol.